The molecule has 0 aromatic heterocycles. The highest BCUT2D eigenvalue weighted by molar-refractivity contribution is 5.35. The molecule has 0 saturated heterocycles. The smallest absolute Gasteiger partial charge is 0.124 e. The molecule has 0 heterocycles. The first-order valence-electron chi connectivity index (χ1n) is 7.09. The molecule has 1 fully saturated rings. The van der Waals surface area contributed by atoms with Crippen molar-refractivity contribution < 1.29 is 4.74 Å². The van der Waals surface area contributed by atoms with Gasteiger partial charge >= 0.3 is 0 Å². The van der Waals surface area contributed by atoms with E-state index in [4.69, 9.17) is 10.5 Å². The van der Waals surface area contributed by atoms with E-state index in [-0.39, 0.29) is 6.04 Å². The summed E-state index contributed by atoms with van der Waals surface area (Å²) in [5.74, 6) is 2.55. The molecule has 2 rings (SSSR count). The number of para-hydroxylation sites is 1. The number of hydrogen-bond donors (Lipinski definition) is 1. The van der Waals surface area contributed by atoms with E-state index in [9.17, 15) is 0 Å². The zero-order chi connectivity index (χ0) is 13.1. The van der Waals surface area contributed by atoms with Crippen LogP contribution in [0.2, 0.25) is 0 Å². The molecular formula is C16H25NO. The molecule has 0 spiro atoms. The van der Waals surface area contributed by atoms with Crippen molar-refractivity contribution in [2.45, 2.75) is 52.2 Å². The van der Waals surface area contributed by atoms with Crippen LogP contribution in [-0.2, 0) is 0 Å². The highest BCUT2D eigenvalue weighted by Gasteiger charge is 2.26. The van der Waals surface area contributed by atoms with Crippen LogP contribution in [0, 0.1) is 11.8 Å². The third-order valence-corrected chi connectivity index (χ3v) is 4.25. The van der Waals surface area contributed by atoms with Gasteiger partial charge in [0.25, 0.3) is 0 Å². The zero-order valence-corrected chi connectivity index (χ0v) is 11.7. The molecule has 100 valence electrons. The van der Waals surface area contributed by atoms with Crippen molar-refractivity contribution in [3.05, 3.63) is 29.8 Å². The zero-order valence-electron chi connectivity index (χ0n) is 11.7. The Hall–Kier alpha value is -1.02. The number of rotatable bonds is 3. The van der Waals surface area contributed by atoms with Crippen LogP contribution >= 0.6 is 0 Å². The van der Waals surface area contributed by atoms with Crippen molar-refractivity contribution in [2.24, 2.45) is 17.6 Å². The molecule has 1 aliphatic carbocycles. The summed E-state index contributed by atoms with van der Waals surface area (Å²) in [6.07, 6.45) is 3.95. The van der Waals surface area contributed by atoms with E-state index in [0.717, 1.165) is 29.6 Å². The van der Waals surface area contributed by atoms with E-state index >= 15 is 0 Å². The normalized spacial score (nSPS) is 29.9. The van der Waals surface area contributed by atoms with Gasteiger partial charge in [0.15, 0.2) is 0 Å². The Morgan fingerprint density at radius 3 is 2.56 bits per heavy atom. The summed E-state index contributed by atoms with van der Waals surface area (Å²) < 4.78 is 6.19. The lowest BCUT2D eigenvalue weighted by Crippen LogP contribution is -2.29. The maximum Gasteiger partial charge on any atom is 0.124 e. The van der Waals surface area contributed by atoms with Crippen LogP contribution in [0.3, 0.4) is 0 Å². The number of hydrogen-bond acceptors (Lipinski definition) is 2. The Labute approximate surface area is 111 Å². The van der Waals surface area contributed by atoms with Gasteiger partial charge in [0.1, 0.15) is 5.75 Å². The van der Waals surface area contributed by atoms with Gasteiger partial charge in [0, 0.05) is 11.6 Å². The Morgan fingerprint density at radius 1 is 1.17 bits per heavy atom. The van der Waals surface area contributed by atoms with Crippen LogP contribution in [-0.4, -0.2) is 6.10 Å². The first-order valence-corrected chi connectivity index (χ1v) is 7.09. The van der Waals surface area contributed by atoms with E-state index < -0.39 is 0 Å². The van der Waals surface area contributed by atoms with Gasteiger partial charge in [0.2, 0.25) is 0 Å². The minimum Gasteiger partial charge on any atom is -0.490 e. The molecule has 18 heavy (non-hydrogen) atoms. The molecule has 4 atom stereocenters. The lowest BCUT2D eigenvalue weighted by atomic mass is 9.80. The third kappa shape index (κ3) is 3.05. The second kappa shape index (κ2) is 5.75. The average Bonchev–Trinajstić information content (AvgIpc) is 2.34. The van der Waals surface area contributed by atoms with Crippen LogP contribution in [0.15, 0.2) is 24.3 Å². The van der Waals surface area contributed by atoms with E-state index in [1.807, 2.05) is 25.1 Å². The molecule has 0 bridgehead atoms. The quantitative estimate of drug-likeness (QED) is 0.879. The van der Waals surface area contributed by atoms with Gasteiger partial charge in [0.05, 0.1) is 6.10 Å². The summed E-state index contributed by atoms with van der Waals surface area (Å²) in [5, 5.41) is 0. The first-order chi connectivity index (χ1) is 8.58. The summed E-state index contributed by atoms with van der Waals surface area (Å²) in [4.78, 5) is 0. The van der Waals surface area contributed by atoms with Crippen molar-refractivity contribution >= 4 is 0 Å². The Morgan fingerprint density at radius 2 is 1.89 bits per heavy atom. The first kappa shape index (κ1) is 13.4. The van der Waals surface area contributed by atoms with Crippen molar-refractivity contribution in [3.63, 3.8) is 0 Å². The molecule has 0 amide bonds. The van der Waals surface area contributed by atoms with E-state index in [1.54, 1.807) is 0 Å². The standard InChI is InChI=1S/C16H25NO/c1-11-8-9-14(10-12(11)2)18-16-7-5-4-6-15(16)13(3)17/h4-7,11-14H,8-10,17H2,1-3H3/t11?,12?,13-,14?/m1/s1. The third-order valence-electron chi connectivity index (χ3n) is 4.25. The fourth-order valence-electron chi connectivity index (χ4n) is 2.75. The topological polar surface area (TPSA) is 35.2 Å². The van der Waals surface area contributed by atoms with Crippen LogP contribution in [0.1, 0.15) is 51.6 Å². The molecular weight excluding hydrogens is 222 g/mol. The molecule has 2 N–H and O–H groups in total. The summed E-state index contributed by atoms with van der Waals surface area (Å²) in [6.45, 7) is 6.68. The minimum atomic E-state index is 0.0288. The largest absolute Gasteiger partial charge is 0.490 e. The van der Waals surface area contributed by atoms with Gasteiger partial charge in [-0.1, -0.05) is 32.0 Å². The van der Waals surface area contributed by atoms with Crippen molar-refractivity contribution in [3.8, 4) is 5.75 Å². The Kier molecular flexibility index (Phi) is 4.28. The maximum atomic E-state index is 6.19. The van der Waals surface area contributed by atoms with Gasteiger partial charge in [-0.3, -0.25) is 0 Å². The highest BCUT2D eigenvalue weighted by Crippen LogP contribution is 2.33. The van der Waals surface area contributed by atoms with Gasteiger partial charge < -0.3 is 10.5 Å². The molecule has 0 aliphatic heterocycles. The lowest BCUT2D eigenvalue weighted by Gasteiger charge is -2.32. The molecule has 3 unspecified atom stereocenters. The fourth-order valence-corrected chi connectivity index (χ4v) is 2.75. The number of nitrogens with two attached hydrogens (primary N) is 1. The second-order valence-electron chi connectivity index (χ2n) is 5.83. The van der Waals surface area contributed by atoms with Gasteiger partial charge in [-0.05, 0) is 44.1 Å². The van der Waals surface area contributed by atoms with Crippen molar-refractivity contribution in [1.29, 1.82) is 0 Å². The molecule has 2 nitrogen and oxygen atoms in total. The van der Waals surface area contributed by atoms with Crippen molar-refractivity contribution in [1.82, 2.24) is 0 Å². The maximum absolute atomic E-state index is 6.19. The Bertz CT molecular complexity index is 388. The lowest BCUT2D eigenvalue weighted by molar-refractivity contribution is 0.0994. The molecule has 1 aromatic rings. The SMILES string of the molecule is CC1CCC(Oc2ccccc2[C@@H](C)N)CC1C. The van der Waals surface area contributed by atoms with Crippen molar-refractivity contribution in [2.75, 3.05) is 0 Å². The molecule has 1 saturated carbocycles. The monoisotopic (exact) mass is 247 g/mol. The Balaban J connectivity index is 2.06. The summed E-state index contributed by atoms with van der Waals surface area (Å²) >= 11 is 0. The number of ether oxygens (including phenoxy) is 1. The van der Waals surface area contributed by atoms with Gasteiger partial charge in [-0.25, -0.2) is 0 Å². The second-order valence-corrected chi connectivity index (χ2v) is 5.83. The van der Waals surface area contributed by atoms with Crippen LogP contribution in [0.25, 0.3) is 0 Å². The fraction of sp³-hybridized carbons (Fsp3) is 0.625. The average molecular weight is 247 g/mol. The van der Waals surface area contributed by atoms with E-state index in [1.165, 1.54) is 12.8 Å². The predicted octanol–water partition coefficient (Wildman–Crippen LogP) is 3.91. The summed E-state index contributed by atoms with van der Waals surface area (Å²) in [6, 6.07) is 8.19. The summed E-state index contributed by atoms with van der Waals surface area (Å²) in [7, 11) is 0. The summed E-state index contributed by atoms with van der Waals surface area (Å²) in [5.41, 5.74) is 7.10. The van der Waals surface area contributed by atoms with Gasteiger partial charge in [-0.2, -0.15) is 0 Å². The predicted molar refractivity (Wildman–Crippen MR) is 75.6 cm³/mol. The van der Waals surface area contributed by atoms with Crippen LogP contribution in [0.4, 0.5) is 0 Å². The minimum absolute atomic E-state index is 0.0288. The molecule has 2 heteroatoms. The van der Waals surface area contributed by atoms with E-state index in [2.05, 4.69) is 19.9 Å². The molecule has 0 radical (unpaired) electrons. The van der Waals surface area contributed by atoms with E-state index in [0.29, 0.717) is 6.10 Å². The molecule has 1 aliphatic rings. The highest BCUT2D eigenvalue weighted by atomic mass is 16.5. The van der Waals surface area contributed by atoms with Gasteiger partial charge in [-0.15, -0.1) is 0 Å². The molecule has 1 aromatic carbocycles. The van der Waals surface area contributed by atoms with Crippen LogP contribution in [0.5, 0.6) is 5.75 Å². The number of benzene rings is 1. The van der Waals surface area contributed by atoms with Crippen LogP contribution < -0.4 is 10.5 Å².